The zero-order valence-electron chi connectivity index (χ0n) is 10.6. The molecule has 0 amide bonds. The normalized spacial score (nSPS) is 24.2. The third kappa shape index (κ3) is 4.34. The van der Waals surface area contributed by atoms with Gasteiger partial charge in [0.05, 0.1) is 0 Å². The Labute approximate surface area is 124 Å². The van der Waals surface area contributed by atoms with Gasteiger partial charge in [0.1, 0.15) is 0 Å². The third-order valence-corrected chi connectivity index (χ3v) is 5.01. The van der Waals surface area contributed by atoms with E-state index < -0.39 is 0 Å². The largest absolute Gasteiger partial charge is 0.310 e. The predicted molar refractivity (Wildman–Crippen MR) is 82.9 cm³/mol. The first kappa shape index (κ1) is 14.5. The first-order valence-corrected chi connectivity index (χ1v) is 8.43. The number of halogens is 2. The highest BCUT2D eigenvalue weighted by molar-refractivity contribution is 7.99. The maximum atomic E-state index is 6.00. The molecule has 1 fully saturated rings. The van der Waals surface area contributed by atoms with Crippen LogP contribution in [0.2, 0.25) is 10.0 Å². The van der Waals surface area contributed by atoms with Gasteiger partial charge in [-0.15, -0.1) is 0 Å². The molecule has 2 rings (SSSR count). The third-order valence-electron chi connectivity index (χ3n) is 3.48. The minimum absolute atomic E-state index is 0.633. The summed E-state index contributed by atoms with van der Waals surface area (Å²) in [7, 11) is 0. The van der Waals surface area contributed by atoms with E-state index >= 15 is 0 Å². The van der Waals surface area contributed by atoms with Gasteiger partial charge in [-0.3, -0.25) is 0 Å². The summed E-state index contributed by atoms with van der Waals surface area (Å²) in [6.07, 6.45) is 7.46. The van der Waals surface area contributed by atoms with Crippen LogP contribution < -0.4 is 5.32 Å². The standard InChI is InChI=1S/C14H19Cl2NS/c1-18-14-4-2-3-13(8-14)17-9-10-5-11(15)7-12(16)6-10/h5-7,13-14,17H,2-4,8-9H2,1H3. The van der Waals surface area contributed by atoms with Crippen LogP contribution in [0, 0.1) is 0 Å². The van der Waals surface area contributed by atoms with Gasteiger partial charge in [0.2, 0.25) is 0 Å². The molecule has 1 N–H and O–H groups in total. The van der Waals surface area contributed by atoms with Gasteiger partial charge >= 0.3 is 0 Å². The average molecular weight is 304 g/mol. The van der Waals surface area contributed by atoms with Gasteiger partial charge < -0.3 is 5.32 Å². The van der Waals surface area contributed by atoms with Gasteiger partial charge in [0, 0.05) is 27.9 Å². The van der Waals surface area contributed by atoms with Crippen LogP contribution in [0.5, 0.6) is 0 Å². The Hall–Kier alpha value is 0.110. The van der Waals surface area contributed by atoms with Crippen molar-refractivity contribution in [1.82, 2.24) is 5.32 Å². The number of hydrogen-bond acceptors (Lipinski definition) is 2. The molecule has 18 heavy (non-hydrogen) atoms. The predicted octanol–water partition coefficient (Wildman–Crippen LogP) is 4.76. The molecule has 4 heteroatoms. The molecule has 0 radical (unpaired) electrons. The van der Waals surface area contributed by atoms with E-state index in [1.165, 1.54) is 31.2 Å². The van der Waals surface area contributed by atoms with Crippen LogP contribution in [0.15, 0.2) is 18.2 Å². The molecule has 2 unspecified atom stereocenters. The highest BCUT2D eigenvalue weighted by Crippen LogP contribution is 2.27. The van der Waals surface area contributed by atoms with Crippen molar-refractivity contribution >= 4 is 35.0 Å². The molecule has 1 saturated carbocycles. The van der Waals surface area contributed by atoms with Crippen LogP contribution in [0.3, 0.4) is 0 Å². The summed E-state index contributed by atoms with van der Waals surface area (Å²) in [5.41, 5.74) is 1.17. The van der Waals surface area contributed by atoms with Crippen molar-refractivity contribution < 1.29 is 0 Å². The molecular formula is C14H19Cl2NS. The Morgan fingerprint density at radius 3 is 2.61 bits per heavy atom. The topological polar surface area (TPSA) is 12.0 Å². The van der Waals surface area contributed by atoms with E-state index in [9.17, 15) is 0 Å². The van der Waals surface area contributed by atoms with E-state index in [1.807, 2.05) is 23.9 Å². The molecule has 1 aliphatic rings. The van der Waals surface area contributed by atoms with Gasteiger partial charge in [-0.2, -0.15) is 11.8 Å². The van der Waals surface area contributed by atoms with Gasteiger partial charge in [0.25, 0.3) is 0 Å². The van der Waals surface area contributed by atoms with Crippen LogP contribution >= 0.6 is 35.0 Å². The first-order chi connectivity index (χ1) is 8.67. The van der Waals surface area contributed by atoms with Crippen LogP contribution in [0.4, 0.5) is 0 Å². The smallest absolute Gasteiger partial charge is 0.0424 e. The molecule has 2 atom stereocenters. The lowest BCUT2D eigenvalue weighted by molar-refractivity contribution is 0.380. The molecule has 0 aliphatic heterocycles. The summed E-state index contributed by atoms with van der Waals surface area (Å²) in [4.78, 5) is 0. The van der Waals surface area contributed by atoms with Gasteiger partial charge in [-0.1, -0.05) is 29.6 Å². The van der Waals surface area contributed by atoms with Crippen LogP contribution in [0.1, 0.15) is 31.2 Å². The number of nitrogens with one attached hydrogen (secondary N) is 1. The molecule has 0 spiro atoms. The summed E-state index contributed by atoms with van der Waals surface area (Å²) in [6.45, 7) is 0.853. The van der Waals surface area contributed by atoms with Crippen molar-refractivity contribution in [3.05, 3.63) is 33.8 Å². The minimum atomic E-state index is 0.633. The average Bonchev–Trinajstić information content (AvgIpc) is 2.35. The van der Waals surface area contributed by atoms with Gasteiger partial charge in [-0.25, -0.2) is 0 Å². The van der Waals surface area contributed by atoms with Crippen molar-refractivity contribution in [2.45, 2.75) is 43.5 Å². The van der Waals surface area contributed by atoms with Gasteiger partial charge in [-0.05, 0) is 49.3 Å². The Bertz CT molecular complexity index is 377. The SMILES string of the molecule is CSC1CCCC(NCc2cc(Cl)cc(Cl)c2)C1. The summed E-state index contributed by atoms with van der Waals surface area (Å²) in [5.74, 6) is 0. The molecule has 0 aromatic heterocycles. The molecule has 1 aliphatic carbocycles. The fraction of sp³-hybridized carbons (Fsp3) is 0.571. The van der Waals surface area contributed by atoms with Crippen molar-refractivity contribution in [2.24, 2.45) is 0 Å². The zero-order chi connectivity index (χ0) is 13.0. The van der Waals surface area contributed by atoms with Crippen molar-refractivity contribution in [2.75, 3.05) is 6.26 Å². The summed E-state index contributed by atoms with van der Waals surface area (Å²) in [5, 5.41) is 5.87. The lowest BCUT2D eigenvalue weighted by Gasteiger charge is -2.28. The second-order valence-electron chi connectivity index (χ2n) is 4.88. The van der Waals surface area contributed by atoms with E-state index in [1.54, 1.807) is 6.07 Å². The fourth-order valence-corrected chi connectivity index (χ4v) is 3.92. The number of thioether (sulfide) groups is 1. The Kier molecular flexibility index (Phi) is 5.68. The molecule has 0 bridgehead atoms. The molecule has 1 aromatic carbocycles. The van der Waals surface area contributed by atoms with Crippen LogP contribution in [-0.2, 0) is 6.54 Å². The van der Waals surface area contributed by atoms with Gasteiger partial charge in [0.15, 0.2) is 0 Å². The van der Waals surface area contributed by atoms with E-state index in [-0.39, 0.29) is 0 Å². The van der Waals surface area contributed by atoms with E-state index in [0.29, 0.717) is 16.1 Å². The summed E-state index contributed by atoms with van der Waals surface area (Å²) < 4.78 is 0. The van der Waals surface area contributed by atoms with Crippen molar-refractivity contribution in [3.8, 4) is 0 Å². The molecule has 0 heterocycles. The first-order valence-electron chi connectivity index (χ1n) is 6.38. The van der Waals surface area contributed by atoms with Crippen LogP contribution in [0.25, 0.3) is 0 Å². The lowest BCUT2D eigenvalue weighted by Crippen LogP contribution is -2.34. The summed E-state index contributed by atoms with van der Waals surface area (Å²) in [6, 6.07) is 6.37. The minimum Gasteiger partial charge on any atom is -0.310 e. The highest BCUT2D eigenvalue weighted by Gasteiger charge is 2.20. The number of benzene rings is 1. The molecule has 0 saturated heterocycles. The highest BCUT2D eigenvalue weighted by atomic mass is 35.5. The Morgan fingerprint density at radius 1 is 1.22 bits per heavy atom. The monoisotopic (exact) mass is 303 g/mol. The van der Waals surface area contributed by atoms with Crippen molar-refractivity contribution in [3.63, 3.8) is 0 Å². The quantitative estimate of drug-likeness (QED) is 0.861. The Balaban J connectivity index is 1.87. The van der Waals surface area contributed by atoms with E-state index in [4.69, 9.17) is 23.2 Å². The van der Waals surface area contributed by atoms with E-state index in [0.717, 1.165) is 11.8 Å². The summed E-state index contributed by atoms with van der Waals surface area (Å²) >= 11 is 14.0. The second kappa shape index (κ2) is 7.04. The lowest BCUT2D eigenvalue weighted by atomic mass is 9.95. The molecule has 1 nitrogen and oxygen atoms in total. The molecule has 100 valence electrons. The second-order valence-corrected chi connectivity index (χ2v) is 6.89. The van der Waals surface area contributed by atoms with E-state index in [2.05, 4.69) is 11.6 Å². The molecular weight excluding hydrogens is 285 g/mol. The fourth-order valence-electron chi connectivity index (χ4n) is 2.52. The number of hydrogen-bond donors (Lipinski definition) is 1. The Morgan fingerprint density at radius 2 is 1.94 bits per heavy atom. The zero-order valence-corrected chi connectivity index (χ0v) is 12.9. The van der Waals surface area contributed by atoms with Crippen LogP contribution in [-0.4, -0.2) is 17.5 Å². The van der Waals surface area contributed by atoms with Crippen molar-refractivity contribution in [1.29, 1.82) is 0 Å². The molecule has 1 aromatic rings. The maximum absolute atomic E-state index is 6.00. The number of rotatable bonds is 4. The maximum Gasteiger partial charge on any atom is 0.0424 e.